The van der Waals surface area contributed by atoms with Crippen molar-refractivity contribution in [3.63, 3.8) is 0 Å². The average Bonchev–Trinajstić information content (AvgIpc) is 3.23. The number of nitrogens with zero attached hydrogens (tertiary/aromatic N) is 5. The van der Waals surface area contributed by atoms with Crippen molar-refractivity contribution in [2.45, 2.75) is 13.3 Å². The van der Waals surface area contributed by atoms with Crippen LogP contribution in [0.1, 0.15) is 12.6 Å². The van der Waals surface area contributed by atoms with Gasteiger partial charge in [0.15, 0.2) is 11.2 Å². The Kier molecular flexibility index (Phi) is 5.22. The fourth-order valence-corrected chi connectivity index (χ4v) is 4.14. The Labute approximate surface area is 194 Å². The second-order valence-corrected chi connectivity index (χ2v) is 7.82. The molecule has 3 heterocycles. The number of aromatic nitrogens is 5. The Morgan fingerprint density at radius 3 is 2.61 bits per heavy atom. The summed E-state index contributed by atoms with van der Waals surface area (Å²) in [6.45, 7) is 2.02. The van der Waals surface area contributed by atoms with E-state index in [4.69, 9.17) is 26.2 Å². The number of fused-ring (bicyclic) bond motifs is 3. The normalized spacial score (nSPS) is 11.3. The van der Waals surface area contributed by atoms with Crippen LogP contribution in [0.2, 0.25) is 5.02 Å². The Hall–Kier alpha value is -3.91. The number of benzene rings is 2. The van der Waals surface area contributed by atoms with Crippen LogP contribution in [-0.2, 0) is 6.42 Å². The van der Waals surface area contributed by atoms with Gasteiger partial charge >= 0.3 is 0 Å². The second kappa shape index (κ2) is 8.22. The van der Waals surface area contributed by atoms with Gasteiger partial charge in [-0.15, -0.1) is 10.2 Å². The molecule has 0 unspecified atom stereocenters. The molecule has 0 aliphatic heterocycles. The van der Waals surface area contributed by atoms with Crippen LogP contribution in [0.3, 0.4) is 0 Å². The van der Waals surface area contributed by atoms with Crippen molar-refractivity contribution in [3.05, 3.63) is 75.8 Å². The predicted octanol–water partition coefficient (Wildman–Crippen LogP) is 4.33. The third-order valence-corrected chi connectivity index (χ3v) is 5.78. The molecule has 3 aromatic heterocycles. The molecular weight excluding hydrogens is 442 g/mol. The monoisotopic (exact) mass is 461 g/mol. The molecule has 2 aromatic carbocycles. The topological polar surface area (TPSA) is 83.5 Å². The van der Waals surface area contributed by atoms with E-state index in [0.29, 0.717) is 39.8 Å². The van der Waals surface area contributed by atoms with Crippen molar-refractivity contribution >= 4 is 28.3 Å². The summed E-state index contributed by atoms with van der Waals surface area (Å²) in [6.07, 6.45) is 2.37. The minimum Gasteiger partial charge on any atom is -0.497 e. The maximum atomic E-state index is 13.4. The zero-order valence-corrected chi connectivity index (χ0v) is 19.0. The summed E-state index contributed by atoms with van der Waals surface area (Å²) < 4.78 is 13.9. The minimum absolute atomic E-state index is 0.200. The lowest BCUT2D eigenvalue weighted by Crippen LogP contribution is -2.20. The molecule has 0 N–H and O–H groups in total. The van der Waals surface area contributed by atoms with Crippen molar-refractivity contribution in [2.75, 3.05) is 14.2 Å². The summed E-state index contributed by atoms with van der Waals surface area (Å²) in [5.74, 6) is 1.13. The highest BCUT2D eigenvalue weighted by atomic mass is 35.5. The van der Waals surface area contributed by atoms with Crippen molar-refractivity contribution in [1.82, 2.24) is 24.4 Å². The molecule has 166 valence electrons. The number of hydrogen-bond donors (Lipinski definition) is 0. The Bertz CT molecular complexity index is 1570. The van der Waals surface area contributed by atoms with Crippen molar-refractivity contribution in [2.24, 2.45) is 0 Å². The van der Waals surface area contributed by atoms with Gasteiger partial charge in [-0.25, -0.2) is 4.52 Å². The van der Waals surface area contributed by atoms with Gasteiger partial charge in [-0.3, -0.25) is 9.36 Å². The Balaban J connectivity index is 1.75. The maximum absolute atomic E-state index is 13.4. The molecule has 33 heavy (non-hydrogen) atoms. The molecule has 9 heteroatoms. The molecule has 8 nitrogen and oxygen atoms in total. The molecule has 0 saturated heterocycles. The lowest BCUT2D eigenvalue weighted by atomic mass is 10.0. The van der Waals surface area contributed by atoms with Crippen molar-refractivity contribution in [1.29, 1.82) is 0 Å². The molecule has 0 radical (unpaired) electrons. The van der Waals surface area contributed by atoms with Gasteiger partial charge in [-0.2, -0.15) is 5.10 Å². The molecule has 0 atom stereocenters. The Morgan fingerprint density at radius 2 is 1.88 bits per heavy atom. The second-order valence-electron chi connectivity index (χ2n) is 7.38. The first-order chi connectivity index (χ1) is 16.0. The molecular formula is C24H20ClN5O3. The summed E-state index contributed by atoms with van der Waals surface area (Å²) in [6, 6.07) is 14.6. The lowest BCUT2D eigenvalue weighted by Gasteiger charge is -2.13. The fourth-order valence-electron chi connectivity index (χ4n) is 3.95. The summed E-state index contributed by atoms with van der Waals surface area (Å²) in [5.41, 5.74) is 4.18. The number of rotatable bonds is 5. The van der Waals surface area contributed by atoms with E-state index in [9.17, 15) is 4.79 Å². The highest BCUT2D eigenvalue weighted by Crippen LogP contribution is 2.31. The first-order valence-corrected chi connectivity index (χ1v) is 10.7. The molecule has 0 aliphatic carbocycles. The summed E-state index contributed by atoms with van der Waals surface area (Å²) in [4.78, 5) is 13.4. The molecule has 0 fully saturated rings. The minimum atomic E-state index is -0.330. The van der Waals surface area contributed by atoms with Gasteiger partial charge in [0.25, 0.3) is 5.56 Å². The van der Waals surface area contributed by atoms with Crippen LogP contribution >= 0.6 is 11.6 Å². The standard InChI is InChI=1S/C24H20ClN5O3/c1-4-17-21(14-6-5-7-15(25)12-14)23-27-26-22-19(30(23)28-17)10-11-29(24(22)31)18-9-8-16(32-2)13-20(18)33-3/h5-13H,4H2,1-3H3. The SMILES string of the molecule is CCc1nn2c(nnc3c(=O)n(-c4ccc(OC)cc4OC)ccc32)c1-c1cccc(Cl)c1. The first-order valence-electron chi connectivity index (χ1n) is 10.3. The smallest absolute Gasteiger partial charge is 0.285 e. The molecule has 0 aliphatic rings. The van der Waals surface area contributed by atoms with Gasteiger partial charge in [0.1, 0.15) is 17.0 Å². The number of ether oxygens (including phenoxy) is 2. The highest BCUT2D eigenvalue weighted by Gasteiger charge is 2.20. The Morgan fingerprint density at radius 1 is 1.03 bits per heavy atom. The van der Waals surface area contributed by atoms with E-state index in [1.165, 1.54) is 4.57 Å². The summed E-state index contributed by atoms with van der Waals surface area (Å²) in [7, 11) is 3.12. The summed E-state index contributed by atoms with van der Waals surface area (Å²) in [5, 5.41) is 14.1. The molecule has 0 spiro atoms. The van der Waals surface area contributed by atoms with E-state index < -0.39 is 0 Å². The van der Waals surface area contributed by atoms with Gasteiger partial charge < -0.3 is 9.47 Å². The zero-order chi connectivity index (χ0) is 23.1. The first kappa shape index (κ1) is 21.0. The van der Waals surface area contributed by atoms with Gasteiger partial charge in [0.05, 0.1) is 31.2 Å². The van der Waals surface area contributed by atoms with E-state index in [0.717, 1.165) is 16.8 Å². The van der Waals surface area contributed by atoms with Gasteiger partial charge in [0.2, 0.25) is 0 Å². The fraction of sp³-hybridized carbons (Fsp3) is 0.167. The predicted molar refractivity (Wildman–Crippen MR) is 127 cm³/mol. The number of pyridine rings is 1. The van der Waals surface area contributed by atoms with Crippen LogP contribution < -0.4 is 15.0 Å². The third kappa shape index (κ3) is 3.39. The number of hydrogen-bond acceptors (Lipinski definition) is 6. The van der Waals surface area contributed by atoms with Crippen LogP contribution in [0.15, 0.2) is 59.5 Å². The van der Waals surface area contributed by atoms with Crippen LogP contribution in [0.5, 0.6) is 11.5 Å². The summed E-state index contributed by atoms with van der Waals surface area (Å²) >= 11 is 6.22. The van der Waals surface area contributed by atoms with Gasteiger partial charge in [-0.1, -0.05) is 30.7 Å². The number of methoxy groups -OCH3 is 2. The highest BCUT2D eigenvalue weighted by molar-refractivity contribution is 6.30. The van der Waals surface area contributed by atoms with Crippen LogP contribution in [0.25, 0.3) is 33.5 Å². The van der Waals surface area contributed by atoms with Crippen LogP contribution in [0.4, 0.5) is 0 Å². The largest absolute Gasteiger partial charge is 0.497 e. The van der Waals surface area contributed by atoms with E-state index in [1.807, 2.05) is 31.2 Å². The van der Waals surface area contributed by atoms with E-state index >= 15 is 0 Å². The van der Waals surface area contributed by atoms with Gasteiger partial charge in [-0.05, 0) is 42.3 Å². The van der Waals surface area contributed by atoms with Crippen molar-refractivity contribution < 1.29 is 9.47 Å². The average molecular weight is 462 g/mol. The van der Waals surface area contributed by atoms with E-state index in [1.54, 1.807) is 49.2 Å². The molecule has 0 amide bonds. The van der Waals surface area contributed by atoms with E-state index in [-0.39, 0.29) is 11.1 Å². The lowest BCUT2D eigenvalue weighted by molar-refractivity contribution is 0.393. The van der Waals surface area contributed by atoms with E-state index in [2.05, 4.69) is 10.2 Å². The maximum Gasteiger partial charge on any atom is 0.285 e. The zero-order valence-electron chi connectivity index (χ0n) is 18.2. The quantitative estimate of drug-likeness (QED) is 0.387. The van der Waals surface area contributed by atoms with Crippen molar-refractivity contribution in [3.8, 4) is 28.3 Å². The van der Waals surface area contributed by atoms with Crippen LogP contribution in [0, 0.1) is 0 Å². The number of aryl methyl sites for hydroxylation is 1. The number of halogens is 1. The van der Waals surface area contributed by atoms with Crippen LogP contribution in [-0.4, -0.2) is 38.6 Å². The molecule has 5 aromatic rings. The van der Waals surface area contributed by atoms with Gasteiger partial charge in [0, 0.05) is 17.3 Å². The molecule has 0 bridgehead atoms. The molecule has 5 rings (SSSR count). The third-order valence-electron chi connectivity index (χ3n) is 5.55. The molecule has 0 saturated carbocycles.